The molecular weight excluding hydrogens is 372 g/mol. The van der Waals surface area contributed by atoms with E-state index in [1.54, 1.807) is 0 Å². The van der Waals surface area contributed by atoms with Gasteiger partial charge < -0.3 is 8.85 Å². The second-order valence-corrected chi connectivity index (χ2v) is 15.1. The van der Waals surface area contributed by atoms with Crippen LogP contribution in [0.5, 0.6) is 0 Å². The summed E-state index contributed by atoms with van der Waals surface area (Å²) in [7, 11) is 1.49. The summed E-state index contributed by atoms with van der Waals surface area (Å²) in [4.78, 5) is 0. The molecule has 29 heavy (non-hydrogen) atoms. The van der Waals surface area contributed by atoms with Crippen LogP contribution in [-0.4, -0.2) is 22.8 Å². The van der Waals surface area contributed by atoms with Crippen LogP contribution in [0.1, 0.15) is 107 Å². The molecule has 2 nitrogen and oxygen atoms in total. The average Bonchev–Trinajstić information content (AvgIpc) is 3.19. The molecule has 0 aromatic rings. The molecule has 0 aliphatic heterocycles. The van der Waals surface area contributed by atoms with Crippen molar-refractivity contribution in [2.24, 2.45) is 35.5 Å². The highest BCUT2D eigenvalue weighted by molar-refractivity contribution is 6.74. The largest absolute Gasteiger partial charge is 0.397 e. The van der Waals surface area contributed by atoms with Crippen LogP contribution in [0.2, 0.25) is 10.1 Å². The standard InChI is InChI=1S/C26H52O2Si/c1-11-19-17-25(7,23(15-5)21(19)13-3)29(27-9,28-10)26(8)18-20(12-2)22(14-4)24(26)16-6/h19-24H,11-18H2,1-10H3. The van der Waals surface area contributed by atoms with Crippen LogP contribution in [-0.2, 0) is 8.85 Å². The van der Waals surface area contributed by atoms with E-state index in [0.717, 1.165) is 35.5 Å². The molecule has 0 saturated heterocycles. The molecule has 0 heterocycles. The van der Waals surface area contributed by atoms with Gasteiger partial charge in [0.15, 0.2) is 0 Å². The van der Waals surface area contributed by atoms with E-state index in [1.807, 2.05) is 14.2 Å². The molecule has 0 aromatic heterocycles. The Bertz CT molecular complexity index is 477. The minimum atomic E-state index is -2.53. The van der Waals surface area contributed by atoms with Crippen LogP contribution < -0.4 is 0 Å². The van der Waals surface area contributed by atoms with Gasteiger partial charge in [-0.25, -0.2) is 0 Å². The molecule has 8 atom stereocenters. The van der Waals surface area contributed by atoms with Gasteiger partial charge in [0.2, 0.25) is 0 Å². The van der Waals surface area contributed by atoms with Gasteiger partial charge in [-0.1, -0.05) is 93.9 Å². The Hall–Kier alpha value is 0.137. The minimum Gasteiger partial charge on any atom is -0.397 e. The number of hydrogen-bond donors (Lipinski definition) is 0. The molecule has 0 radical (unpaired) electrons. The maximum absolute atomic E-state index is 6.81. The molecule has 2 fully saturated rings. The second kappa shape index (κ2) is 9.73. The van der Waals surface area contributed by atoms with Gasteiger partial charge in [-0.2, -0.15) is 0 Å². The van der Waals surface area contributed by atoms with Crippen LogP contribution in [0.25, 0.3) is 0 Å². The van der Waals surface area contributed by atoms with Crippen LogP contribution >= 0.6 is 0 Å². The van der Waals surface area contributed by atoms with Crippen molar-refractivity contribution in [1.82, 2.24) is 0 Å². The lowest BCUT2D eigenvalue weighted by Gasteiger charge is -2.55. The first-order valence-electron chi connectivity index (χ1n) is 12.9. The zero-order valence-electron chi connectivity index (χ0n) is 21.4. The summed E-state index contributed by atoms with van der Waals surface area (Å²) in [5.74, 6) is 4.72. The fourth-order valence-corrected chi connectivity index (χ4v) is 15.6. The van der Waals surface area contributed by atoms with Gasteiger partial charge in [0.05, 0.1) is 0 Å². The lowest BCUT2D eigenvalue weighted by molar-refractivity contribution is 0.126. The fraction of sp³-hybridized carbons (Fsp3) is 1.00. The quantitative estimate of drug-likeness (QED) is 0.329. The summed E-state index contributed by atoms with van der Waals surface area (Å²) in [5.41, 5.74) is 0. The van der Waals surface area contributed by atoms with Crippen molar-refractivity contribution >= 4 is 8.56 Å². The van der Waals surface area contributed by atoms with E-state index in [2.05, 4.69) is 55.4 Å². The summed E-state index contributed by atoms with van der Waals surface area (Å²) >= 11 is 0. The van der Waals surface area contributed by atoms with E-state index in [0.29, 0.717) is 0 Å². The third-order valence-electron chi connectivity index (χ3n) is 10.2. The van der Waals surface area contributed by atoms with Crippen LogP contribution in [0.15, 0.2) is 0 Å². The highest BCUT2D eigenvalue weighted by Crippen LogP contribution is 2.74. The summed E-state index contributed by atoms with van der Waals surface area (Å²) in [6.07, 6.45) is 10.3. The Morgan fingerprint density at radius 3 is 1.17 bits per heavy atom. The lowest BCUT2D eigenvalue weighted by atomic mass is 9.82. The van der Waals surface area contributed by atoms with Crippen molar-refractivity contribution < 1.29 is 8.85 Å². The molecule has 0 amide bonds. The second-order valence-electron chi connectivity index (χ2n) is 10.8. The maximum atomic E-state index is 6.81. The highest BCUT2D eigenvalue weighted by atomic mass is 28.4. The van der Waals surface area contributed by atoms with Crippen molar-refractivity contribution in [3.8, 4) is 0 Å². The first-order chi connectivity index (χ1) is 13.7. The summed E-state index contributed by atoms with van der Waals surface area (Å²) in [5, 5.41) is 0.380. The normalized spacial score (nSPS) is 43.2. The minimum absolute atomic E-state index is 0.190. The first kappa shape index (κ1) is 25.4. The molecule has 2 aliphatic rings. The van der Waals surface area contributed by atoms with Crippen LogP contribution in [0.3, 0.4) is 0 Å². The van der Waals surface area contributed by atoms with Gasteiger partial charge in [-0.3, -0.25) is 0 Å². The van der Waals surface area contributed by atoms with E-state index in [-0.39, 0.29) is 10.1 Å². The monoisotopic (exact) mass is 424 g/mol. The Morgan fingerprint density at radius 1 is 0.621 bits per heavy atom. The highest BCUT2D eigenvalue weighted by Gasteiger charge is 2.73. The number of hydrogen-bond acceptors (Lipinski definition) is 2. The van der Waals surface area contributed by atoms with Crippen molar-refractivity contribution in [3.63, 3.8) is 0 Å². The number of rotatable bonds is 10. The molecule has 0 N–H and O–H groups in total. The van der Waals surface area contributed by atoms with Crippen molar-refractivity contribution in [2.75, 3.05) is 14.2 Å². The summed E-state index contributed by atoms with van der Waals surface area (Å²) in [6.45, 7) is 19.7. The van der Waals surface area contributed by atoms with Crippen molar-refractivity contribution in [3.05, 3.63) is 0 Å². The first-order valence-corrected chi connectivity index (χ1v) is 14.7. The predicted molar refractivity (Wildman–Crippen MR) is 128 cm³/mol. The predicted octanol–water partition coefficient (Wildman–Crippen LogP) is 8.21. The smallest absolute Gasteiger partial charge is 0.350 e. The van der Waals surface area contributed by atoms with Gasteiger partial charge in [0.1, 0.15) is 0 Å². The fourth-order valence-electron chi connectivity index (χ4n) is 9.36. The molecule has 2 saturated carbocycles. The van der Waals surface area contributed by atoms with E-state index < -0.39 is 8.56 Å². The average molecular weight is 425 g/mol. The van der Waals surface area contributed by atoms with E-state index >= 15 is 0 Å². The zero-order chi connectivity index (χ0) is 22.0. The Kier molecular flexibility index (Phi) is 8.53. The zero-order valence-corrected chi connectivity index (χ0v) is 22.4. The molecule has 0 bridgehead atoms. The molecular formula is C26H52O2Si. The lowest BCUT2D eigenvalue weighted by Crippen LogP contribution is -2.62. The third-order valence-corrected chi connectivity index (χ3v) is 15.5. The molecule has 172 valence electrons. The van der Waals surface area contributed by atoms with E-state index in [9.17, 15) is 0 Å². The Labute approximate surface area is 184 Å². The van der Waals surface area contributed by atoms with Gasteiger partial charge in [-0.15, -0.1) is 0 Å². The summed E-state index contributed by atoms with van der Waals surface area (Å²) < 4.78 is 13.6. The van der Waals surface area contributed by atoms with Crippen molar-refractivity contribution in [2.45, 2.75) is 117 Å². The SMILES string of the molecule is CCC1CC(C)([Si](OC)(OC)C2(C)CC(CC)C(CC)C2CC)C(CC)C1CC. The maximum Gasteiger partial charge on any atom is 0.350 e. The van der Waals surface area contributed by atoms with E-state index in [4.69, 9.17) is 8.85 Å². The molecule has 0 spiro atoms. The molecule has 8 unspecified atom stereocenters. The third kappa shape index (κ3) is 3.50. The Morgan fingerprint density at radius 2 is 0.966 bits per heavy atom. The van der Waals surface area contributed by atoms with Crippen LogP contribution in [0, 0.1) is 35.5 Å². The molecule has 2 aliphatic carbocycles. The van der Waals surface area contributed by atoms with Gasteiger partial charge >= 0.3 is 8.56 Å². The topological polar surface area (TPSA) is 18.5 Å². The van der Waals surface area contributed by atoms with E-state index in [1.165, 1.54) is 51.4 Å². The Balaban J connectivity index is 2.66. The van der Waals surface area contributed by atoms with Gasteiger partial charge in [-0.05, 0) is 48.3 Å². The van der Waals surface area contributed by atoms with Gasteiger partial charge in [0, 0.05) is 24.3 Å². The molecule has 0 aromatic carbocycles. The van der Waals surface area contributed by atoms with Gasteiger partial charge in [0.25, 0.3) is 0 Å². The summed E-state index contributed by atoms with van der Waals surface area (Å²) in [6, 6.07) is 0. The molecule has 3 heteroatoms. The van der Waals surface area contributed by atoms with Crippen LogP contribution in [0.4, 0.5) is 0 Å². The van der Waals surface area contributed by atoms with Crippen molar-refractivity contribution in [1.29, 1.82) is 0 Å². The molecule has 2 rings (SSSR count).